The molecule has 0 saturated carbocycles. The highest BCUT2D eigenvalue weighted by molar-refractivity contribution is 5.88. The van der Waals surface area contributed by atoms with Crippen molar-refractivity contribution in [3.63, 3.8) is 0 Å². The predicted molar refractivity (Wildman–Crippen MR) is 64.2 cm³/mol. The molecule has 0 aromatic heterocycles. The van der Waals surface area contributed by atoms with Crippen LogP contribution < -0.4 is 5.73 Å². The lowest BCUT2D eigenvalue weighted by atomic mass is 10.0. The van der Waals surface area contributed by atoms with Crippen molar-refractivity contribution in [2.24, 2.45) is 11.7 Å². The molecule has 2 amide bonds. The number of amides is 2. The van der Waals surface area contributed by atoms with E-state index in [1.807, 2.05) is 4.90 Å². The molecular formula is C12H21N3O2. The number of nitrogens with zero attached hydrogens (tertiary/aromatic N) is 2. The van der Waals surface area contributed by atoms with Gasteiger partial charge < -0.3 is 15.5 Å². The van der Waals surface area contributed by atoms with E-state index >= 15 is 0 Å². The first-order valence-corrected chi connectivity index (χ1v) is 6.43. The minimum absolute atomic E-state index is 0.101. The third kappa shape index (κ3) is 2.60. The van der Waals surface area contributed by atoms with Gasteiger partial charge in [0.25, 0.3) is 0 Å². The number of primary amides is 1. The second-order valence-electron chi connectivity index (χ2n) is 5.01. The monoisotopic (exact) mass is 239 g/mol. The van der Waals surface area contributed by atoms with E-state index in [9.17, 15) is 9.59 Å². The van der Waals surface area contributed by atoms with Gasteiger partial charge >= 0.3 is 0 Å². The van der Waals surface area contributed by atoms with Crippen LogP contribution in [0.4, 0.5) is 0 Å². The van der Waals surface area contributed by atoms with Crippen LogP contribution in [0.25, 0.3) is 0 Å². The van der Waals surface area contributed by atoms with Gasteiger partial charge in [-0.05, 0) is 19.4 Å². The van der Waals surface area contributed by atoms with Crippen molar-refractivity contribution >= 4 is 11.8 Å². The largest absolute Gasteiger partial charge is 0.369 e. The molecule has 2 fully saturated rings. The minimum Gasteiger partial charge on any atom is -0.369 e. The first-order chi connectivity index (χ1) is 8.11. The van der Waals surface area contributed by atoms with Crippen LogP contribution in [0, 0.1) is 5.92 Å². The lowest BCUT2D eigenvalue weighted by Crippen LogP contribution is -2.45. The van der Waals surface area contributed by atoms with Crippen molar-refractivity contribution in [2.75, 3.05) is 26.2 Å². The zero-order valence-corrected chi connectivity index (χ0v) is 10.4. The van der Waals surface area contributed by atoms with Gasteiger partial charge in [0.15, 0.2) is 0 Å². The highest BCUT2D eigenvalue weighted by atomic mass is 16.2. The molecule has 17 heavy (non-hydrogen) atoms. The average molecular weight is 239 g/mol. The summed E-state index contributed by atoms with van der Waals surface area (Å²) < 4.78 is 0. The SMILES string of the molecule is CCN1CCC(N2CC(C(N)=O)CC2=O)CC1. The molecule has 96 valence electrons. The van der Waals surface area contributed by atoms with Crippen LogP contribution >= 0.6 is 0 Å². The van der Waals surface area contributed by atoms with Gasteiger partial charge in [-0.25, -0.2) is 0 Å². The molecule has 2 saturated heterocycles. The van der Waals surface area contributed by atoms with Gasteiger partial charge in [-0.3, -0.25) is 9.59 Å². The lowest BCUT2D eigenvalue weighted by molar-refractivity contribution is -0.130. The molecule has 0 bridgehead atoms. The number of piperidine rings is 1. The molecule has 2 N–H and O–H groups in total. The molecule has 1 atom stereocenters. The van der Waals surface area contributed by atoms with E-state index in [1.54, 1.807) is 0 Å². The van der Waals surface area contributed by atoms with Crippen LogP contribution in [-0.2, 0) is 9.59 Å². The highest BCUT2D eigenvalue weighted by Gasteiger charge is 2.37. The zero-order chi connectivity index (χ0) is 12.4. The zero-order valence-electron chi connectivity index (χ0n) is 10.4. The first-order valence-electron chi connectivity index (χ1n) is 6.43. The van der Waals surface area contributed by atoms with Crippen LogP contribution in [0.15, 0.2) is 0 Å². The van der Waals surface area contributed by atoms with Crippen LogP contribution in [0.1, 0.15) is 26.2 Å². The molecular weight excluding hydrogens is 218 g/mol. The van der Waals surface area contributed by atoms with E-state index in [2.05, 4.69) is 11.8 Å². The molecule has 0 aromatic rings. The molecule has 5 heteroatoms. The summed E-state index contributed by atoms with van der Waals surface area (Å²) in [5.74, 6) is -0.512. The minimum atomic E-state index is -0.341. The second-order valence-corrected chi connectivity index (χ2v) is 5.01. The second kappa shape index (κ2) is 5.04. The number of carbonyl (C=O) groups is 2. The van der Waals surface area contributed by atoms with E-state index in [1.165, 1.54) is 0 Å². The first kappa shape index (κ1) is 12.4. The van der Waals surface area contributed by atoms with E-state index in [0.717, 1.165) is 32.5 Å². The van der Waals surface area contributed by atoms with Crippen LogP contribution in [0.2, 0.25) is 0 Å². The van der Waals surface area contributed by atoms with E-state index < -0.39 is 0 Å². The summed E-state index contributed by atoms with van der Waals surface area (Å²) in [4.78, 5) is 27.2. The van der Waals surface area contributed by atoms with Crippen molar-refractivity contribution in [3.05, 3.63) is 0 Å². The predicted octanol–water partition coefficient (Wildman–Crippen LogP) is -0.195. The normalized spacial score (nSPS) is 27.7. The molecule has 2 aliphatic heterocycles. The van der Waals surface area contributed by atoms with Crippen molar-refractivity contribution in [3.8, 4) is 0 Å². The summed E-state index contributed by atoms with van der Waals surface area (Å²) >= 11 is 0. The molecule has 2 heterocycles. The Bertz CT molecular complexity index is 311. The third-order valence-electron chi connectivity index (χ3n) is 4.01. The summed E-state index contributed by atoms with van der Waals surface area (Å²) in [5.41, 5.74) is 5.27. The molecule has 0 aliphatic carbocycles. The fourth-order valence-electron chi connectivity index (χ4n) is 2.82. The summed E-state index contributed by atoms with van der Waals surface area (Å²) in [7, 11) is 0. The van der Waals surface area contributed by atoms with E-state index in [4.69, 9.17) is 5.73 Å². The summed E-state index contributed by atoms with van der Waals surface area (Å²) in [6.07, 6.45) is 2.35. The lowest BCUT2D eigenvalue weighted by Gasteiger charge is -2.36. The van der Waals surface area contributed by atoms with Gasteiger partial charge in [-0.2, -0.15) is 0 Å². The van der Waals surface area contributed by atoms with Gasteiger partial charge in [0.05, 0.1) is 5.92 Å². The van der Waals surface area contributed by atoms with Crippen molar-refractivity contribution in [2.45, 2.75) is 32.2 Å². The summed E-state index contributed by atoms with van der Waals surface area (Å²) in [6.45, 7) is 5.86. The van der Waals surface area contributed by atoms with Crippen LogP contribution in [-0.4, -0.2) is 53.8 Å². The standard InChI is InChI=1S/C12H21N3O2/c1-2-14-5-3-10(4-6-14)15-8-9(12(13)17)7-11(15)16/h9-10H,2-8H2,1H3,(H2,13,17). The van der Waals surface area contributed by atoms with Crippen LogP contribution in [0.5, 0.6) is 0 Å². The quantitative estimate of drug-likeness (QED) is 0.742. The van der Waals surface area contributed by atoms with E-state index in [0.29, 0.717) is 19.0 Å². The Morgan fingerprint density at radius 1 is 1.41 bits per heavy atom. The Morgan fingerprint density at radius 3 is 2.53 bits per heavy atom. The fraction of sp³-hybridized carbons (Fsp3) is 0.833. The molecule has 1 unspecified atom stereocenters. The Balaban J connectivity index is 1.91. The van der Waals surface area contributed by atoms with Gasteiger partial charge in [-0.15, -0.1) is 0 Å². The van der Waals surface area contributed by atoms with Gasteiger partial charge in [0.1, 0.15) is 0 Å². The van der Waals surface area contributed by atoms with Gasteiger partial charge in [0.2, 0.25) is 11.8 Å². The molecule has 0 radical (unpaired) electrons. The molecule has 0 aromatic carbocycles. The number of nitrogens with two attached hydrogens (primary N) is 1. The fourth-order valence-corrected chi connectivity index (χ4v) is 2.82. The maximum Gasteiger partial charge on any atom is 0.223 e. The maximum absolute atomic E-state index is 11.8. The number of rotatable bonds is 3. The third-order valence-corrected chi connectivity index (χ3v) is 4.01. The van der Waals surface area contributed by atoms with Crippen molar-refractivity contribution < 1.29 is 9.59 Å². The highest BCUT2D eigenvalue weighted by Crippen LogP contribution is 2.25. The van der Waals surface area contributed by atoms with Gasteiger partial charge in [-0.1, -0.05) is 6.92 Å². The van der Waals surface area contributed by atoms with Crippen LogP contribution in [0.3, 0.4) is 0 Å². The molecule has 5 nitrogen and oxygen atoms in total. The number of carbonyl (C=O) groups excluding carboxylic acids is 2. The molecule has 2 aliphatic rings. The maximum atomic E-state index is 11.8. The molecule has 2 rings (SSSR count). The Morgan fingerprint density at radius 2 is 2.06 bits per heavy atom. The number of likely N-dealkylation sites (tertiary alicyclic amines) is 2. The Hall–Kier alpha value is -1.10. The average Bonchev–Trinajstić information content (AvgIpc) is 2.72. The van der Waals surface area contributed by atoms with E-state index in [-0.39, 0.29) is 17.7 Å². The summed E-state index contributed by atoms with van der Waals surface area (Å²) in [5, 5.41) is 0. The van der Waals surface area contributed by atoms with Crippen molar-refractivity contribution in [1.29, 1.82) is 0 Å². The Kier molecular flexibility index (Phi) is 3.66. The van der Waals surface area contributed by atoms with Crippen molar-refractivity contribution in [1.82, 2.24) is 9.80 Å². The van der Waals surface area contributed by atoms with Gasteiger partial charge in [0, 0.05) is 32.1 Å². The molecule has 0 spiro atoms. The Labute approximate surface area is 102 Å². The number of hydrogen-bond donors (Lipinski definition) is 1. The summed E-state index contributed by atoms with van der Waals surface area (Å²) in [6, 6.07) is 0.314. The smallest absolute Gasteiger partial charge is 0.223 e. The number of hydrogen-bond acceptors (Lipinski definition) is 3. The topological polar surface area (TPSA) is 66.6 Å².